The minimum atomic E-state index is -0.494. The highest BCUT2D eigenvalue weighted by Crippen LogP contribution is 1.97. The number of rotatable bonds is 2. The number of nitrogens with zero attached hydrogens (tertiary/aromatic N) is 3. The van der Waals surface area contributed by atoms with Gasteiger partial charge in [0.25, 0.3) is 5.56 Å². The summed E-state index contributed by atoms with van der Waals surface area (Å²) in [6.07, 6.45) is 1.46. The van der Waals surface area contributed by atoms with E-state index in [4.69, 9.17) is 4.52 Å². The molecule has 0 amide bonds. The Labute approximate surface area is 89.7 Å². The van der Waals surface area contributed by atoms with Crippen molar-refractivity contribution < 1.29 is 4.52 Å². The number of hydrogen-bond acceptors (Lipinski definition) is 5. The molecule has 2 rings (SSSR count). The van der Waals surface area contributed by atoms with Crippen LogP contribution in [0, 0.1) is 13.8 Å². The molecule has 0 aromatic carbocycles. The quantitative estimate of drug-likeness (QED) is 0.745. The third-order valence-corrected chi connectivity index (χ3v) is 2.06. The van der Waals surface area contributed by atoms with E-state index in [9.17, 15) is 9.59 Å². The molecule has 2 aromatic heterocycles. The lowest BCUT2D eigenvalue weighted by atomic mass is 10.4. The van der Waals surface area contributed by atoms with Crippen LogP contribution in [0.15, 0.2) is 20.3 Å². The molecule has 1 N–H and O–H groups in total. The number of aryl methyl sites for hydroxylation is 2. The summed E-state index contributed by atoms with van der Waals surface area (Å²) in [6, 6.07) is 0. The van der Waals surface area contributed by atoms with Gasteiger partial charge in [-0.2, -0.15) is 4.98 Å². The summed E-state index contributed by atoms with van der Waals surface area (Å²) >= 11 is 0. The van der Waals surface area contributed by atoms with Crippen molar-refractivity contribution in [3.05, 3.63) is 44.3 Å². The van der Waals surface area contributed by atoms with Crippen molar-refractivity contribution in [1.29, 1.82) is 0 Å². The number of aromatic nitrogens is 4. The van der Waals surface area contributed by atoms with Gasteiger partial charge in [0.2, 0.25) is 5.89 Å². The first kappa shape index (κ1) is 10.3. The minimum absolute atomic E-state index is 0.150. The third-order valence-electron chi connectivity index (χ3n) is 2.06. The zero-order valence-electron chi connectivity index (χ0n) is 8.85. The Balaban J connectivity index is 2.39. The largest absolute Gasteiger partial charge is 0.337 e. The molecule has 0 aliphatic rings. The molecule has 0 aliphatic heterocycles. The van der Waals surface area contributed by atoms with Gasteiger partial charge in [0.1, 0.15) is 6.54 Å². The lowest BCUT2D eigenvalue weighted by molar-refractivity contribution is 0.365. The van der Waals surface area contributed by atoms with Crippen LogP contribution in [-0.2, 0) is 6.54 Å². The van der Waals surface area contributed by atoms with Gasteiger partial charge in [0.05, 0.1) is 0 Å². The molecule has 2 heterocycles. The van der Waals surface area contributed by atoms with Crippen molar-refractivity contribution in [3.63, 3.8) is 0 Å². The molecule has 0 spiro atoms. The maximum Gasteiger partial charge on any atom is 0.328 e. The van der Waals surface area contributed by atoms with E-state index in [1.165, 1.54) is 10.8 Å². The summed E-state index contributed by atoms with van der Waals surface area (Å²) < 4.78 is 6.19. The summed E-state index contributed by atoms with van der Waals surface area (Å²) in [4.78, 5) is 28.7. The van der Waals surface area contributed by atoms with Gasteiger partial charge in [-0.25, -0.2) is 4.79 Å². The van der Waals surface area contributed by atoms with E-state index in [2.05, 4.69) is 15.1 Å². The van der Waals surface area contributed by atoms with Crippen LogP contribution in [0.1, 0.15) is 17.3 Å². The summed E-state index contributed by atoms with van der Waals surface area (Å²) in [5.74, 6) is 0.829. The second kappa shape index (κ2) is 3.76. The fraction of sp³-hybridized carbons (Fsp3) is 0.333. The maximum absolute atomic E-state index is 11.4. The average Bonchev–Trinajstić information content (AvgIpc) is 2.60. The Morgan fingerprint density at radius 1 is 1.44 bits per heavy atom. The zero-order chi connectivity index (χ0) is 11.7. The van der Waals surface area contributed by atoms with Gasteiger partial charge in [-0.1, -0.05) is 5.16 Å². The second-order valence-corrected chi connectivity index (χ2v) is 3.43. The van der Waals surface area contributed by atoms with E-state index < -0.39 is 5.69 Å². The van der Waals surface area contributed by atoms with Crippen LogP contribution >= 0.6 is 0 Å². The van der Waals surface area contributed by atoms with E-state index in [0.29, 0.717) is 17.3 Å². The van der Waals surface area contributed by atoms with Crippen molar-refractivity contribution in [2.75, 3.05) is 0 Å². The highest BCUT2D eigenvalue weighted by Gasteiger charge is 2.06. The second-order valence-electron chi connectivity index (χ2n) is 3.43. The van der Waals surface area contributed by atoms with Gasteiger partial charge in [0.15, 0.2) is 5.82 Å². The van der Waals surface area contributed by atoms with E-state index in [-0.39, 0.29) is 12.1 Å². The fourth-order valence-corrected chi connectivity index (χ4v) is 1.29. The smallest absolute Gasteiger partial charge is 0.328 e. The van der Waals surface area contributed by atoms with Crippen molar-refractivity contribution in [2.24, 2.45) is 0 Å². The summed E-state index contributed by atoms with van der Waals surface area (Å²) in [7, 11) is 0. The zero-order valence-corrected chi connectivity index (χ0v) is 8.85. The molecule has 0 saturated heterocycles. The fourth-order valence-electron chi connectivity index (χ4n) is 1.29. The summed E-state index contributed by atoms with van der Waals surface area (Å²) in [5, 5.41) is 3.61. The first-order valence-corrected chi connectivity index (χ1v) is 4.66. The normalized spacial score (nSPS) is 10.6. The molecule has 0 fully saturated rings. The van der Waals surface area contributed by atoms with Gasteiger partial charge in [-0.3, -0.25) is 14.3 Å². The van der Waals surface area contributed by atoms with Gasteiger partial charge >= 0.3 is 5.69 Å². The van der Waals surface area contributed by atoms with Gasteiger partial charge in [-0.15, -0.1) is 0 Å². The Morgan fingerprint density at radius 2 is 2.19 bits per heavy atom. The highest BCUT2D eigenvalue weighted by atomic mass is 16.5. The van der Waals surface area contributed by atoms with Crippen molar-refractivity contribution >= 4 is 0 Å². The number of nitrogens with one attached hydrogen (secondary N) is 1. The van der Waals surface area contributed by atoms with E-state index >= 15 is 0 Å². The molecule has 0 aliphatic carbocycles. The molecule has 84 valence electrons. The highest BCUT2D eigenvalue weighted by molar-refractivity contribution is 5.01. The van der Waals surface area contributed by atoms with E-state index in [0.717, 1.165) is 0 Å². The summed E-state index contributed by atoms with van der Waals surface area (Å²) in [6.45, 7) is 3.46. The Hall–Kier alpha value is -2.18. The predicted octanol–water partition coefficient (Wildman–Crippen LogP) is -0.415. The number of H-pyrrole nitrogens is 1. The standard InChI is InChI=1S/C9H10N4O3/c1-5-3-13(9(15)11-8(5)14)4-7-10-6(2)12-16-7/h3H,4H2,1-2H3,(H,11,14,15). The molecule has 0 radical (unpaired) electrons. The van der Waals surface area contributed by atoms with Gasteiger partial charge in [-0.05, 0) is 13.8 Å². The van der Waals surface area contributed by atoms with Crippen LogP contribution in [0.4, 0.5) is 0 Å². The lowest BCUT2D eigenvalue weighted by Gasteiger charge is -2.01. The van der Waals surface area contributed by atoms with Crippen molar-refractivity contribution in [3.8, 4) is 0 Å². The average molecular weight is 222 g/mol. The molecular weight excluding hydrogens is 212 g/mol. The SMILES string of the molecule is Cc1noc(Cn2cc(C)c(=O)[nH]c2=O)n1. The van der Waals surface area contributed by atoms with Crippen LogP contribution < -0.4 is 11.2 Å². The van der Waals surface area contributed by atoms with E-state index in [1.54, 1.807) is 13.8 Å². The molecule has 0 unspecified atom stereocenters. The Bertz CT molecular complexity index is 622. The molecule has 2 aromatic rings. The topological polar surface area (TPSA) is 93.8 Å². The molecular formula is C9H10N4O3. The van der Waals surface area contributed by atoms with Crippen molar-refractivity contribution in [2.45, 2.75) is 20.4 Å². The first-order valence-electron chi connectivity index (χ1n) is 4.66. The van der Waals surface area contributed by atoms with Crippen LogP contribution in [0.2, 0.25) is 0 Å². The minimum Gasteiger partial charge on any atom is -0.337 e. The number of aromatic amines is 1. The molecule has 0 bridgehead atoms. The van der Waals surface area contributed by atoms with Gasteiger partial charge < -0.3 is 4.52 Å². The van der Waals surface area contributed by atoms with Crippen molar-refractivity contribution in [1.82, 2.24) is 19.7 Å². The predicted molar refractivity (Wildman–Crippen MR) is 54.2 cm³/mol. The Morgan fingerprint density at radius 3 is 2.81 bits per heavy atom. The van der Waals surface area contributed by atoms with Gasteiger partial charge in [0, 0.05) is 11.8 Å². The van der Waals surface area contributed by atoms with E-state index in [1.807, 2.05) is 0 Å². The summed E-state index contributed by atoms with van der Waals surface area (Å²) in [5.41, 5.74) is -0.426. The van der Waals surface area contributed by atoms with Crippen LogP contribution in [0.5, 0.6) is 0 Å². The first-order chi connectivity index (χ1) is 7.56. The monoisotopic (exact) mass is 222 g/mol. The lowest BCUT2D eigenvalue weighted by Crippen LogP contribution is -2.31. The molecule has 16 heavy (non-hydrogen) atoms. The van der Waals surface area contributed by atoms with Crippen LogP contribution in [0.3, 0.4) is 0 Å². The molecule has 0 saturated carbocycles. The third kappa shape index (κ3) is 1.92. The maximum atomic E-state index is 11.4. The molecule has 0 atom stereocenters. The number of hydrogen-bond donors (Lipinski definition) is 1. The molecule has 7 heteroatoms. The van der Waals surface area contributed by atoms with Crippen LogP contribution in [-0.4, -0.2) is 19.7 Å². The molecule has 7 nitrogen and oxygen atoms in total. The van der Waals surface area contributed by atoms with Crippen LogP contribution in [0.25, 0.3) is 0 Å². The Kier molecular flexibility index (Phi) is 2.43.